The average Bonchev–Trinajstić information content (AvgIpc) is 3.34. The van der Waals surface area contributed by atoms with Crippen LogP contribution in [-0.4, -0.2) is 46.2 Å². The number of aliphatic hydroxyl groups excluding tert-OH is 1. The number of esters is 1. The summed E-state index contributed by atoms with van der Waals surface area (Å²) in [7, 11) is 0. The maximum absolute atomic E-state index is 11.8. The lowest BCUT2D eigenvalue weighted by atomic mass is 9.46. The third-order valence-corrected chi connectivity index (χ3v) is 12.9. The number of carbonyl (C=O) groups is 1. The Labute approximate surface area is 211 Å². The standard InChI is InChI=1S/C30H48O5/c1-17(31)34-25(27(4,5)33)21-9-7-19-22(35-21)15-20-18-8-10-23-26(2,3)24(32)11-12-30(23)16-29(18,30)14-13-28(19,20)6/h18-25,32-33H,7-16H2,1-6H3/t18?,19?,20?,21?,22?,23?,24-,25-,28+,29?,30+/m0/s1. The van der Waals surface area contributed by atoms with Gasteiger partial charge in [0.2, 0.25) is 0 Å². The molecule has 0 aromatic carbocycles. The van der Waals surface area contributed by atoms with Crippen LogP contribution < -0.4 is 0 Å². The highest BCUT2D eigenvalue weighted by molar-refractivity contribution is 5.66. The monoisotopic (exact) mass is 488 g/mol. The van der Waals surface area contributed by atoms with E-state index in [4.69, 9.17) is 9.47 Å². The summed E-state index contributed by atoms with van der Waals surface area (Å²) in [5.74, 6) is 2.37. The molecule has 6 fully saturated rings. The van der Waals surface area contributed by atoms with Gasteiger partial charge in [-0.15, -0.1) is 0 Å². The minimum atomic E-state index is -1.13. The smallest absolute Gasteiger partial charge is 0.303 e. The zero-order valence-electron chi connectivity index (χ0n) is 22.8. The molecule has 2 spiro atoms. The summed E-state index contributed by atoms with van der Waals surface area (Å²) in [6.07, 6.45) is 11.1. The van der Waals surface area contributed by atoms with Crippen molar-refractivity contribution < 1.29 is 24.5 Å². The SMILES string of the molecule is CC(=O)O[C@@H](C1CCC2C(CC3C4CCC5C(C)(C)[C@@H](O)CC[C@@]56CC46CC[C@]23C)O1)C(C)(C)O. The molecule has 0 radical (unpaired) electrons. The Morgan fingerprint density at radius 1 is 0.971 bits per heavy atom. The molecule has 6 rings (SSSR count). The maximum Gasteiger partial charge on any atom is 0.303 e. The first-order valence-corrected chi connectivity index (χ1v) is 14.5. The number of hydrogen-bond donors (Lipinski definition) is 2. The van der Waals surface area contributed by atoms with Gasteiger partial charge < -0.3 is 19.7 Å². The highest BCUT2D eigenvalue weighted by Gasteiger charge is 2.80. The Balaban J connectivity index is 1.24. The van der Waals surface area contributed by atoms with E-state index >= 15 is 0 Å². The van der Waals surface area contributed by atoms with Crippen molar-refractivity contribution in [2.75, 3.05) is 0 Å². The number of ether oxygens (including phenoxy) is 2. The molecular formula is C30H48O5. The Bertz CT molecular complexity index is 892. The molecule has 1 aliphatic heterocycles. The van der Waals surface area contributed by atoms with Crippen LogP contribution in [0.5, 0.6) is 0 Å². The van der Waals surface area contributed by atoms with Crippen molar-refractivity contribution in [3.8, 4) is 0 Å². The summed E-state index contributed by atoms with van der Waals surface area (Å²) in [5, 5.41) is 21.6. The van der Waals surface area contributed by atoms with Gasteiger partial charge in [0.1, 0.15) is 0 Å². The molecule has 0 aromatic rings. The van der Waals surface area contributed by atoms with E-state index < -0.39 is 11.7 Å². The Morgan fingerprint density at radius 3 is 2.37 bits per heavy atom. The van der Waals surface area contributed by atoms with E-state index in [1.165, 1.54) is 45.4 Å². The third-order valence-electron chi connectivity index (χ3n) is 12.9. The summed E-state index contributed by atoms with van der Waals surface area (Å²) in [5.41, 5.74) is 0.212. The van der Waals surface area contributed by atoms with Crippen molar-refractivity contribution in [1.82, 2.24) is 0 Å². The predicted octanol–water partition coefficient (Wildman–Crippen LogP) is 5.26. The van der Waals surface area contributed by atoms with Crippen LogP contribution in [0.4, 0.5) is 0 Å². The van der Waals surface area contributed by atoms with Gasteiger partial charge in [-0.3, -0.25) is 4.79 Å². The number of rotatable bonds is 3. The van der Waals surface area contributed by atoms with Gasteiger partial charge in [0.05, 0.1) is 23.9 Å². The molecule has 0 bridgehead atoms. The minimum absolute atomic E-state index is 0.0380. The second-order valence-electron chi connectivity index (χ2n) is 15.0. The Hall–Kier alpha value is -0.650. The molecule has 35 heavy (non-hydrogen) atoms. The van der Waals surface area contributed by atoms with Crippen LogP contribution in [0, 0.1) is 45.3 Å². The fourth-order valence-corrected chi connectivity index (χ4v) is 11.3. The van der Waals surface area contributed by atoms with Gasteiger partial charge in [0, 0.05) is 6.92 Å². The van der Waals surface area contributed by atoms with Gasteiger partial charge in [-0.1, -0.05) is 20.8 Å². The number of aliphatic hydroxyl groups is 2. The highest BCUT2D eigenvalue weighted by atomic mass is 16.6. The molecule has 5 heteroatoms. The molecule has 11 atom stereocenters. The fourth-order valence-electron chi connectivity index (χ4n) is 11.3. The van der Waals surface area contributed by atoms with E-state index in [1.54, 1.807) is 13.8 Å². The predicted molar refractivity (Wildman–Crippen MR) is 133 cm³/mol. The molecule has 0 amide bonds. The zero-order valence-corrected chi connectivity index (χ0v) is 22.8. The third kappa shape index (κ3) is 3.19. The van der Waals surface area contributed by atoms with Crippen molar-refractivity contribution >= 4 is 5.97 Å². The molecule has 6 aliphatic rings. The van der Waals surface area contributed by atoms with Gasteiger partial charge in [-0.2, -0.15) is 0 Å². The van der Waals surface area contributed by atoms with Crippen molar-refractivity contribution in [1.29, 1.82) is 0 Å². The van der Waals surface area contributed by atoms with Gasteiger partial charge in [0.25, 0.3) is 0 Å². The summed E-state index contributed by atoms with van der Waals surface area (Å²) in [6, 6.07) is 0. The molecule has 2 N–H and O–H groups in total. The molecule has 5 saturated carbocycles. The molecule has 5 aliphatic carbocycles. The highest BCUT2D eigenvalue weighted by Crippen LogP contribution is 2.87. The lowest BCUT2D eigenvalue weighted by Gasteiger charge is -2.59. The first-order chi connectivity index (χ1) is 16.3. The van der Waals surface area contributed by atoms with Crippen molar-refractivity contribution in [2.24, 2.45) is 45.3 Å². The maximum atomic E-state index is 11.8. The van der Waals surface area contributed by atoms with E-state index in [0.29, 0.717) is 34.0 Å². The lowest BCUT2D eigenvalue weighted by molar-refractivity contribution is -0.200. The number of carbonyl (C=O) groups excluding carboxylic acids is 1. The second kappa shape index (κ2) is 7.47. The molecule has 1 saturated heterocycles. The number of fused-ring (bicyclic) bond motifs is 4. The minimum Gasteiger partial charge on any atom is -0.457 e. The molecular weight excluding hydrogens is 440 g/mol. The normalized spacial score (nSPS) is 52.7. The molecule has 1 heterocycles. The first-order valence-electron chi connectivity index (χ1n) is 14.5. The van der Waals surface area contributed by atoms with Crippen LogP contribution >= 0.6 is 0 Å². The van der Waals surface area contributed by atoms with Crippen LogP contribution in [-0.2, 0) is 14.3 Å². The molecule has 0 aromatic heterocycles. The quantitative estimate of drug-likeness (QED) is 0.530. The summed E-state index contributed by atoms with van der Waals surface area (Å²) in [4.78, 5) is 11.8. The largest absolute Gasteiger partial charge is 0.457 e. The van der Waals surface area contributed by atoms with Crippen LogP contribution in [0.2, 0.25) is 0 Å². The van der Waals surface area contributed by atoms with Crippen LogP contribution in [0.15, 0.2) is 0 Å². The topological polar surface area (TPSA) is 76.0 Å². The van der Waals surface area contributed by atoms with Crippen LogP contribution in [0.3, 0.4) is 0 Å². The first kappa shape index (κ1) is 24.7. The van der Waals surface area contributed by atoms with Gasteiger partial charge in [-0.25, -0.2) is 0 Å². The fraction of sp³-hybridized carbons (Fsp3) is 0.967. The van der Waals surface area contributed by atoms with E-state index in [2.05, 4.69) is 20.8 Å². The van der Waals surface area contributed by atoms with Gasteiger partial charge >= 0.3 is 5.97 Å². The van der Waals surface area contributed by atoms with E-state index in [9.17, 15) is 15.0 Å². The van der Waals surface area contributed by atoms with Crippen molar-refractivity contribution in [2.45, 2.75) is 136 Å². The van der Waals surface area contributed by atoms with Crippen LogP contribution in [0.1, 0.15) is 106 Å². The van der Waals surface area contributed by atoms with Gasteiger partial charge in [-0.05, 0) is 123 Å². The molecule has 198 valence electrons. The second-order valence-corrected chi connectivity index (χ2v) is 15.0. The van der Waals surface area contributed by atoms with E-state index in [0.717, 1.165) is 31.6 Å². The zero-order chi connectivity index (χ0) is 25.2. The summed E-state index contributed by atoms with van der Waals surface area (Å²) < 4.78 is 12.4. The van der Waals surface area contributed by atoms with Crippen LogP contribution in [0.25, 0.3) is 0 Å². The van der Waals surface area contributed by atoms with E-state index in [1.807, 2.05) is 0 Å². The molecule has 5 nitrogen and oxygen atoms in total. The molecule has 7 unspecified atom stereocenters. The van der Waals surface area contributed by atoms with E-state index in [-0.39, 0.29) is 29.7 Å². The van der Waals surface area contributed by atoms with Crippen molar-refractivity contribution in [3.05, 3.63) is 0 Å². The lowest BCUT2D eigenvalue weighted by Crippen LogP contribution is -2.54. The Kier molecular flexibility index (Phi) is 5.27. The van der Waals surface area contributed by atoms with Gasteiger partial charge in [0.15, 0.2) is 6.10 Å². The number of hydrogen-bond acceptors (Lipinski definition) is 5. The Morgan fingerprint density at radius 2 is 1.69 bits per heavy atom. The summed E-state index contributed by atoms with van der Waals surface area (Å²) in [6.45, 7) is 12.1. The summed E-state index contributed by atoms with van der Waals surface area (Å²) >= 11 is 0. The van der Waals surface area contributed by atoms with Crippen molar-refractivity contribution in [3.63, 3.8) is 0 Å². The average molecular weight is 489 g/mol.